The van der Waals surface area contributed by atoms with E-state index in [1.54, 1.807) is 27.7 Å². The molecule has 0 spiro atoms. The van der Waals surface area contributed by atoms with Crippen molar-refractivity contribution in [3.63, 3.8) is 0 Å². The fraction of sp³-hybridized carbons (Fsp3) is 0.800. The molecule has 10 heteroatoms. The molecular weight excluding hydrogens is 452 g/mol. The van der Waals surface area contributed by atoms with Crippen molar-refractivity contribution in [3.05, 3.63) is 0 Å². The van der Waals surface area contributed by atoms with E-state index in [4.69, 9.17) is 0 Å². The third-order valence-electron chi connectivity index (χ3n) is 6.75. The molecule has 0 radical (unpaired) electrons. The molecule has 1 aliphatic carbocycles. The van der Waals surface area contributed by atoms with Gasteiger partial charge in [-0.15, -0.1) is 0 Å². The molecule has 1 saturated heterocycles. The minimum absolute atomic E-state index is 0.0311. The van der Waals surface area contributed by atoms with Crippen molar-refractivity contribution in [2.75, 3.05) is 6.54 Å². The highest BCUT2D eigenvalue weighted by Gasteiger charge is 2.45. The van der Waals surface area contributed by atoms with E-state index < -0.39 is 53.6 Å². The van der Waals surface area contributed by atoms with E-state index in [-0.39, 0.29) is 23.8 Å². The van der Waals surface area contributed by atoms with Gasteiger partial charge in [-0.3, -0.25) is 24.0 Å². The second-order valence-electron chi connectivity index (χ2n) is 10.6. The van der Waals surface area contributed by atoms with E-state index in [0.717, 1.165) is 25.7 Å². The summed E-state index contributed by atoms with van der Waals surface area (Å²) in [6, 6.07) is -2.71. The molecule has 10 nitrogen and oxygen atoms in total. The van der Waals surface area contributed by atoms with Gasteiger partial charge in [-0.25, -0.2) is 0 Å². The fourth-order valence-corrected chi connectivity index (χ4v) is 4.41. The molecule has 0 aromatic carbocycles. The van der Waals surface area contributed by atoms with Crippen LogP contribution in [0.15, 0.2) is 0 Å². The second kappa shape index (κ2) is 12.5. The number of carbonyl (C=O) groups is 5. The SMILES string of the molecule is CCC[C@H]1CCN(C(=O)C(NC(=O)[C@@H](O)C(C)C)C(C)C)C1C(=O)NC(C)C(=O)C(=O)NC1CC1. The molecule has 1 aliphatic heterocycles. The third-order valence-corrected chi connectivity index (χ3v) is 6.75. The van der Waals surface area contributed by atoms with Crippen LogP contribution >= 0.6 is 0 Å². The lowest BCUT2D eigenvalue weighted by molar-refractivity contribution is -0.145. The Morgan fingerprint density at radius 3 is 2.09 bits per heavy atom. The average Bonchev–Trinajstić information content (AvgIpc) is 3.51. The van der Waals surface area contributed by atoms with Gasteiger partial charge in [-0.2, -0.15) is 0 Å². The molecule has 2 fully saturated rings. The summed E-state index contributed by atoms with van der Waals surface area (Å²) in [6.07, 6.45) is 2.61. The van der Waals surface area contributed by atoms with Crippen LogP contribution in [0, 0.1) is 17.8 Å². The molecule has 5 atom stereocenters. The van der Waals surface area contributed by atoms with Crippen LogP contribution in [-0.2, 0) is 24.0 Å². The van der Waals surface area contributed by atoms with Gasteiger partial charge < -0.3 is 26.0 Å². The topological polar surface area (TPSA) is 145 Å². The predicted octanol–water partition coefficient (Wildman–Crippen LogP) is 0.514. The van der Waals surface area contributed by atoms with E-state index in [1.807, 2.05) is 6.92 Å². The Labute approximate surface area is 207 Å². The number of hydrogen-bond donors (Lipinski definition) is 4. The zero-order chi connectivity index (χ0) is 26.4. The number of carbonyl (C=O) groups excluding carboxylic acids is 5. The zero-order valence-electron chi connectivity index (χ0n) is 21.8. The summed E-state index contributed by atoms with van der Waals surface area (Å²) in [5.41, 5.74) is 0. The van der Waals surface area contributed by atoms with E-state index in [0.29, 0.717) is 13.0 Å². The van der Waals surface area contributed by atoms with Crippen LogP contribution in [-0.4, -0.2) is 76.2 Å². The van der Waals surface area contributed by atoms with Crippen LogP contribution in [0.4, 0.5) is 0 Å². The first kappa shape index (κ1) is 28.7. The summed E-state index contributed by atoms with van der Waals surface area (Å²) in [6.45, 7) is 10.8. The number of nitrogens with zero attached hydrogens (tertiary/aromatic N) is 1. The molecular formula is C25H42N4O6. The standard InChI is InChI=1S/C25H42N4O6/c1-7-8-16-11-12-29(25(35)18(13(2)3)28-23(33)20(30)14(4)5)19(16)22(32)26-15(6)21(31)24(34)27-17-9-10-17/h13-20,30H,7-12H2,1-6H3,(H,26,32)(H,27,34)(H,28,33)/t15?,16-,18?,19?,20-/m0/s1. The molecule has 0 bridgehead atoms. The lowest BCUT2D eigenvalue weighted by Crippen LogP contribution is -2.59. The van der Waals surface area contributed by atoms with Crippen molar-refractivity contribution in [2.45, 2.75) is 104 Å². The maximum absolute atomic E-state index is 13.6. The van der Waals surface area contributed by atoms with Crippen molar-refractivity contribution in [1.82, 2.24) is 20.9 Å². The number of amides is 4. The van der Waals surface area contributed by atoms with E-state index >= 15 is 0 Å². The lowest BCUT2D eigenvalue weighted by Gasteiger charge is -2.33. The van der Waals surface area contributed by atoms with Crippen LogP contribution < -0.4 is 16.0 Å². The van der Waals surface area contributed by atoms with Gasteiger partial charge in [0.15, 0.2) is 0 Å². The summed E-state index contributed by atoms with van der Waals surface area (Å²) in [4.78, 5) is 65.4. The number of aliphatic hydroxyl groups is 1. The van der Waals surface area contributed by atoms with Gasteiger partial charge in [-0.05, 0) is 50.4 Å². The van der Waals surface area contributed by atoms with E-state index in [1.165, 1.54) is 11.8 Å². The third kappa shape index (κ3) is 7.49. The Morgan fingerprint density at radius 1 is 0.943 bits per heavy atom. The quantitative estimate of drug-likeness (QED) is 0.291. The van der Waals surface area contributed by atoms with Crippen LogP contribution in [0.25, 0.3) is 0 Å². The van der Waals surface area contributed by atoms with Crippen LogP contribution in [0.2, 0.25) is 0 Å². The highest BCUT2D eigenvalue weighted by molar-refractivity contribution is 6.38. The first-order valence-electron chi connectivity index (χ1n) is 12.8. The Bertz CT molecular complexity index is 810. The molecule has 2 aliphatic rings. The van der Waals surface area contributed by atoms with E-state index in [9.17, 15) is 29.1 Å². The minimum Gasteiger partial charge on any atom is -0.383 e. The molecule has 4 N–H and O–H groups in total. The van der Waals surface area contributed by atoms with Crippen LogP contribution in [0.5, 0.6) is 0 Å². The number of nitrogens with one attached hydrogen (secondary N) is 3. The molecule has 198 valence electrons. The van der Waals surface area contributed by atoms with Gasteiger partial charge >= 0.3 is 0 Å². The first-order chi connectivity index (χ1) is 16.4. The highest BCUT2D eigenvalue weighted by atomic mass is 16.3. The van der Waals surface area contributed by atoms with Crippen molar-refractivity contribution in [2.24, 2.45) is 17.8 Å². The lowest BCUT2D eigenvalue weighted by atomic mass is 9.93. The van der Waals surface area contributed by atoms with Crippen LogP contribution in [0.1, 0.15) is 73.6 Å². The molecule has 2 rings (SSSR count). The number of rotatable bonds is 12. The average molecular weight is 495 g/mol. The molecule has 3 unspecified atom stereocenters. The summed E-state index contributed by atoms with van der Waals surface area (Å²) >= 11 is 0. The van der Waals surface area contributed by atoms with E-state index in [2.05, 4.69) is 16.0 Å². The second-order valence-corrected chi connectivity index (χ2v) is 10.6. The van der Waals surface area contributed by atoms with Gasteiger partial charge in [0.2, 0.25) is 23.5 Å². The van der Waals surface area contributed by atoms with Gasteiger partial charge in [0.25, 0.3) is 5.91 Å². The van der Waals surface area contributed by atoms with Crippen molar-refractivity contribution >= 4 is 29.4 Å². The van der Waals surface area contributed by atoms with Crippen molar-refractivity contribution < 1.29 is 29.1 Å². The number of aliphatic hydroxyl groups excluding tert-OH is 1. The Hall–Kier alpha value is -2.49. The fourth-order valence-electron chi connectivity index (χ4n) is 4.41. The molecule has 35 heavy (non-hydrogen) atoms. The number of likely N-dealkylation sites (tertiary alicyclic amines) is 1. The Kier molecular flexibility index (Phi) is 10.2. The molecule has 0 aromatic heterocycles. The predicted molar refractivity (Wildman–Crippen MR) is 130 cm³/mol. The zero-order valence-corrected chi connectivity index (χ0v) is 21.8. The highest BCUT2D eigenvalue weighted by Crippen LogP contribution is 2.30. The molecule has 1 heterocycles. The molecule has 1 saturated carbocycles. The summed E-state index contributed by atoms with van der Waals surface area (Å²) in [5.74, 6) is -3.62. The minimum atomic E-state index is -1.25. The smallest absolute Gasteiger partial charge is 0.289 e. The monoisotopic (exact) mass is 494 g/mol. The molecule has 4 amide bonds. The number of Topliss-reactive ketones (excluding diaryl/α,β-unsaturated/α-hetero) is 1. The van der Waals surface area contributed by atoms with Crippen LogP contribution in [0.3, 0.4) is 0 Å². The number of hydrogen-bond acceptors (Lipinski definition) is 6. The van der Waals surface area contributed by atoms with Gasteiger partial charge in [0.1, 0.15) is 18.2 Å². The molecule has 0 aromatic rings. The van der Waals surface area contributed by atoms with Gasteiger partial charge in [0.05, 0.1) is 6.04 Å². The Morgan fingerprint density at radius 2 is 1.57 bits per heavy atom. The Balaban J connectivity index is 2.16. The van der Waals surface area contributed by atoms with Crippen molar-refractivity contribution in [3.8, 4) is 0 Å². The van der Waals surface area contributed by atoms with Gasteiger partial charge in [0, 0.05) is 12.6 Å². The normalized spacial score (nSPS) is 22.5. The van der Waals surface area contributed by atoms with Crippen molar-refractivity contribution in [1.29, 1.82) is 0 Å². The van der Waals surface area contributed by atoms with Gasteiger partial charge in [-0.1, -0.05) is 41.0 Å². The summed E-state index contributed by atoms with van der Waals surface area (Å²) in [7, 11) is 0. The maximum atomic E-state index is 13.6. The maximum Gasteiger partial charge on any atom is 0.289 e. The summed E-state index contributed by atoms with van der Waals surface area (Å²) in [5, 5.41) is 18.0. The first-order valence-corrected chi connectivity index (χ1v) is 12.8. The number of ketones is 1. The summed E-state index contributed by atoms with van der Waals surface area (Å²) < 4.78 is 0. The largest absolute Gasteiger partial charge is 0.383 e.